The van der Waals surface area contributed by atoms with Gasteiger partial charge in [0.15, 0.2) is 0 Å². The SMILES string of the molecule is C=CCN1CC(=O)N2C(Cc3ccc(OP(O)O)cc3)C(=O)N(CC3=CC(=N)C(=N)C=C3)CC2N1C=O.CN.CNCc1ccccc1. The zero-order chi connectivity index (χ0) is 35.2. The fourth-order valence-electron chi connectivity index (χ4n) is 5.46. The summed E-state index contributed by atoms with van der Waals surface area (Å²) in [4.78, 5) is 60.3. The summed E-state index contributed by atoms with van der Waals surface area (Å²) in [5.41, 5.74) is 7.31. The number of nitrogens with zero attached hydrogens (tertiary/aromatic N) is 4. The molecule has 2 unspecified atom stereocenters. The lowest BCUT2D eigenvalue weighted by atomic mass is 9.97. The van der Waals surface area contributed by atoms with Gasteiger partial charge in [-0.3, -0.25) is 30.2 Å². The first kappa shape index (κ1) is 37.9. The van der Waals surface area contributed by atoms with Crippen LogP contribution in [0.3, 0.4) is 0 Å². The number of carbonyl (C=O) groups is 3. The topological polar surface area (TPSA) is 200 Å². The third-order valence-corrected chi connectivity index (χ3v) is 7.92. The summed E-state index contributed by atoms with van der Waals surface area (Å²) in [7, 11) is 0.886. The number of hydrogen-bond acceptors (Lipinski definition) is 11. The maximum absolute atomic E-state index is 13.7. The summed E-state index contributed by atoms with van der Waals surface area (Å²) in [5, 5.41) is 21.7. The van der Waals surface area contributed by atoms with Gasteiger partial charge < -0.3 is 35.2 Å². The van der Waals surface area contributed by atoms with E-state index in [4.69, 9.17) is 25.1 Å². The third kappa shape index (κ3) is 9.97. The number of carbonyl (C=O) groups excluding carboxylic acids is 3. The quantitative estimate of drug-likeness (QED) is 0.0884. The van der Waals surface area contributed by atoms with Crippen LogP contribution in [0.1, 0.15) is 11.1 Å². The van der Waals surface area contributed by atoms with Crippen LogP contribution in [0, 0.1) is 10.8 Å². The summed E-state index contributed by atoms with van der Waals surface area (Å²) in [6.45, 7) is 5.08. The van der Waals surface area contributed by atoms with Gasteiger partial charge in [-0.05, 0) is 55.1 Å². The molecule has 2 aromatic rings. The summed E-state index contributed by atoms with van der Waals surface area (Å²) < 4.78 is 4.90. The van der Waals surface area contributed by atoms with Crippen LogP contribution in [-0.4, -0.2) is 112 Å². The molecule has 0 radical (unpaired) electrons. The Morgan fingerprint density at radius 3 is 2.31 bits per heavy atom. The molecule has 2 aliphatic heterocycles. The Labute approximate surface area is 281 Å². The fourth-order valence-corrected chi connectivity index (χ4v) is 5.77. The van der Waals surface area contributed by atoms with E-state index in [0.717, 1.165) is 6.54 Å². The molecule has 2 fully saturated rings. The van der Waals surface area contributed by atoms with Crippen molar-refractivity contribution in [3.8, 4) is 5.75 Å². The number of hydrogen-bond donors (Lipinski definition) is 6. The highest BCUT2D eigenvalue weighted by atomic mass is 31.2. The number of rotatable bonds is 11. The molecule has 0 bridgehead atoms. The van der Waals surface area contributed by atoms with Crippen LogP contribution in [0.5, 0.6) is 5.75 Å². The number of allylic oxidation sites excluding steroid dienone is 2. The van der Waals surface area contributed by atoms with Gasteiger partial charge in [-0.2, -0.15) is 0 Å². The van der Waals surface area contributed by atoms with E-state index in [1.54, 1.807) is 46.3 Å². The van der Waals surface area contributed by atoms with Gasteiger partial charge in [0.05, 0.1) is 24.5 Å². The first-order valence-corrected chi connectivity index (χ1v) is 16.3. The normalized spacial score (nSPS) is 19.1. The minimum absolute atomic E-state index is 0.0383. The minimum atomic E-state index is -2.57. The molecule has 2 aromatic carbocycles. The molecule has 7 N–H and O–H groups in total. The largest absolute Gasteiger partial charge is 0.427 e. The molecule has 0 spiro atoms. The maximum Gasteiger partial charge on any atom is 0.391 e. The van der Waals surface area contributed by atoms with Gasteiger partial charge in [0.1, 0.15) is 18.0 Å². The van der Waals surface area contributed by atoms with Crippen molar-refractivity contribution in [3.05, 3.63) is 102 Å². The summed E-state index contributed by atoms with van der Waals surface area (Å²) in [6.07, 6.45) is 6.37. The van der Waals surface area contributed by atoms with Gasteiger partial charge in [0, 0.05) is 26.1 Å². The van der Waals surface area contributed by atoms with Gasteiger partial charge >= 0.3 is 8.60 Å². The molecule has 0 saturated carbocycles. The second-order valence-corrected chi connectivity index (χ2v) is 11.4. The average molecular weight is 679 g/mol. The van der Waals surface area contributed by atoms with Crippen LogP contribution in [0.15, 0.2) is 91.1 Å². The molecule has 5 rings (SSSR count). The van der Waals surface area contributed by atoms with E-state index in [-0.39, 0.29) is 61.6 Å². The van der Waals surface area contributed by atoms with E-state index < -0.39 is 20.8 Å². The number of amides is 3. The molecular formula is C33H43N8O6P. The molecular weight excluding hydrogens is 635 g/mol. The van der Waals surface area contributed by atoms with Crippen molar-refractivity contribution >= 4 is 38.3 Å². The van der Waals surface area contributed by atoms with Crippen LogP contribution >= 0.6 is 8.60 Å². The van der Waals surface area contributed by atoms with E-state index in [1.165, 1.54) is 34.7 Å². The second-order valence-electron chi connectivity index (χ2n) is 10.7. The number of nitrogens with two attached hydrogens (primary N) is 1. The van der Waals surface area contributed by atoms with E-state index >= 15 is 0 Å². The van der Waals surface area contributed by atoms with Crippen LogP contribution in [0.2, 0.25) is 0 Å². The third-order valence-electron chi connectivity index (χ3n) is 7.54. The van der Waals surface area contributed by atoms with Crippen molar-refractivity contribution in [1.29, 1.82) is 10.8 Å². The number of nitrogens with one attached hydrogen (secondary N) is 3. The smallest absolute Gasteiger partial charge is 0.391 e. The molecule has 14 nitrogen and oxygen atoms in total. The predicted octanol–water partition coefficient (Wildman–Crippen LogP) is 1.58. The Kier molecular flexibility index (Phi) is 14.8. The Bertz CT molecular complexity index is 1500. The highest BCUT2D eigenvalue weighted by Gasteiger charge is 2.49. The number of fused-ring (bicyclic) bond motifs is 1. The van der Waals surface area contributed by atoms with Crippen molar-refractivity contribution in [2.45, 2.75) is 25.2 Å². The molecule has 15 heteroatoms. The zero-order valence-corrected chi connectivity index (χ0v) is 27.9. The molecule has 2 heterocycles. The van der Waals surface area contributed by atoms with E-state index in [9.17, 15) is 14.4 Å². The zero-order valence-electron chi connectivity index (χ0n) is 27.0. The van der Waals surface area contributed by atoms with Crippen LogP contribution < -0.4 is 15.6 Å². The molecule has 2 saturated heterocycles. The van der Waals surface area contributed by atoms with Crippen LogP contribution in [0.4, 0.5) is 0 Å². The lowest BCUT2D eigenvalue weighted by Crippen LogP contribution is -2.75. The Hall–Kier alpha value is -4.56. The maximum atomic E-state index is 13.7. The number of benzene rings is 2. The highest BCUT2D eigenvalue weighted by molar-refractivity contribution is 7.39. The van der Waals surface area contributed by atoms with Crippen molar-refractivity contribution in [2.24, 2.45) is 5.73 Å². The first-order chi connectivity index (χ1) is 23.1. The molecule has 1 aliphatic carbocycles. The molecule has 0 aromatic heterocycles. The number of hydrazine groups is 1. The molecule has 48 heavy (non-hydrogen) atoms. The monoisotopic (exact) mass is 678 g/mol. The Balaban J connectivity index is 0.000000486. The van der Waals surface area contributed by atoms with Gasteiger partial charge in [0.25, 0.3) is 0 Å². The average Bonchev–Trinajstić information content (AvgIpc) is 3.07. The van der Waals surface area contributed by atoms with Gasteiger partial charge in [-0.1, -0.05) is 54.6 Å². The number of piperazine rings is 1. The molecule has 256 valence electrons. The predicted molar refractivity (Wildman–Crippen MR) is 185 cm³/mol. The van der Waals surface area contributed by atoms with Crippen LogP contribution in [-0.2, 0) is 27.3 Å². The Morgan fingerprint density at radius 1 is 1.04 bits per heavy atom. The summed E-state index contributed by atoms with van der Waals surface area (Å²) in [5.74, 6) is -0.343. The highest BCUT2D eigenvalue weighted by Crippen LogP contribution is 2.31. The van der Waals surface area contributed by atoms with Gasteiger partial charge in [0.2, 0.25) is 18.2 Å². The second kappa shape index (κ2) is 18.7. The summed E-state index contributed by atoms with van der Waals surface area (Å²) in [6, 6.07) is 15.9. The first-order valence-electron chi connectivity index (χ1n) is 15.1. The van der Waals surface area contributed by atoms with Crippen molar-refractivity contribution in [2.75, 3.05) is 40.3 Å². The van der Waals surface area contributed by atoms with Gasteiger partial charge in [-0.15, -0.1) is 6.58 Å². The van der Waals surface area contributed by atoms with Crippen molar-refractivity contribution < 1.29 is 28.7 Å². The lowest BCUT2D eigenvalue weighted by molar-refractivity contribution is -0.198. The molecule has 2 atom stereocenters. The fraction of sp³-hybridized carbons (Fsp3) is 0.303. The summed E-state index contributed by atoms with van der Waals surface area (Å²) >= 11 is 0. The van der Waals surface area contributed by atoms with Crippen molar-refractivity contribution in [3.63, 3.8) is 0 Å². The lowest BCUT2D eigenvalue weighted by Gasteiger charge is -2.54. The molecule has 3 aliphatic rings. The van der Waals surface area contributed by atoms with E-state index in [1.807, 2.05) is 25.2 Å². The van der Waals surface area contributed by atoms with Crippen LogP contribution in [0.25, 0.3) is 0 Å². The van der Waals surface area contributed by atoms with E-state index in [2.05, 4.69) is 29.8 Å². The van der Waals surface area contributed by atoms with Crippen molar-refractivity contribution in [1.82, 2.24) is 25.1 Å². The van der Waals surface area contributed by atoms with Gasteiger partial charge in [-0.25, -0.2) is 5.01 Å². The Morgan fingerprint density at radius 2 is 1.73 bits per heavy atom. The molecule has 3 amide bonds. The minimum Gasteiger partial charge on any atom is -0.427 e. The standard InChI is InChI=1S/C24H27N6O6P.C8H11N.CH5N/c1-2-9-28-14-23(32)30-21(11-16-3-6-18(7-4-16)36-37(34)35)24(33)27(13-22(30)29(28)15-31)12-17-5-8-19(25)20(26)10-17;1-9-7-8-5-3-2-4-6-8;1-2/h2-8,10,15,21-22,25-26,34-35H,1,9,11-14H2;2-6,9H,7H2,1H3;2H2,1H3. The van der Waals surface area contributed by atoms with E-state index in [0.29, 0.717) is 17.5 Å².